The highest BCUT2D eigenvalue weighted by atomic mass is 35.5. The Labute approximate surface area is 132 Å². The van der Waals surface area contributed by atoms with Crippen molar-refractivity contribution < 1.29 is 14.3 Å². The minimum absolute atomic E-state index is 0.307. The molecule has 21 heavy (non-hydrogen) atoms. The molecule has 2 aromatic rings. The van der Waals surface area contributed by atoms with Gasteiger partial charge in [0.1, 0.15) is 18.1 Å². The smallest absolute Gasteiger partial charge is 0.318 e. The van der Waals surface area contributed by atoms with Gasteiger partial charge in [0.05, 0.1) is 10.9 Å². The van der Waals surface area contributed by atoms with E-state index in [1.54, 1.807) is 18.2 Å². The van der Waals surface area contributed by atoms with Gasteiger partial charge in [0, 0.05) is 5.02 Å². The summed E-state index contributed by atoms with van der Waals surface area (Å²) in [5, 5.41) is 0.808. The Balaban J connectivity index is 1.72. The van der Waals surface area contributed by atoms with Gasteiger partial charge in [0.15, 0.2) is 0 Å². The first-order valence-corrected chi connectivity index (χ1v) is 7.26. The van der Waals surface area contributed by atoms with E-state index >= 15 is 0 Å². The zero-order chi connectivity index (χ0) is 14.8. The van der Waals surface area contributed by atoms with E-state index in [9.17, 15) is 4.79 Å². The second-order valence-electron chi connectivity index (χ2n) is 4.82. The number of halogens is 2. The van der Waals surface area contributed by atoms with E-state index < -0.39 is 0 Å². The van der Waals surface area contributed by atoms with Crippen LogP contribution in [0.4, 0.5) is 0 Å². The third kappa shape index (κ3) is 3.14. The number of benzene rings is 2. The molecule has 0 aliphatic carbocycles. The van der Waals surface area contributed by atoms with Crippen LogP contribution in [0, 0.1) is 5.92 Å². The van der Waals surface area contributed by atoms with Crippen LogP contribution in [0.2, 0.25) is 10.0 Å². The van der Waals surface area contributed by atoms with Crippen LogP contribution in [0.25, 0.3) is 0 Å². The molecule has 108 valence electrons. The van der Waals surface area contributed by atoms with Crippen LogP contribution < -0.4 is 9.47 Å². The highest BCUT2D eigenvalue weighted by Crippen LogP contribution is 2.30. The van der Waals surface area contributed by atoms with E-state index in [1.807, 2.05) is 24.3 Å². The molecule has 0 fully saturated rings. The van der Waals surface area contributed by atoms with Crippen LogP contribution in [0.5, 0.6) is 11.5 Å². The second-order valence-corrected chi connectivity index (χ2v) is 5.66. The Kier molecular flexibility index (Phi) is 4.04. The maximum absolute atomic E-state index is 12.2. The lowest BCUT2D eigenvalue weighted by molar-refractivity contribution is -0.140. The average molecular weight is 323 g/mol. The summed E-state index contributed by atoms with van der Waals surface area (Å²) in [5.41, 5.74) is 1.01. The fourth-order valence-corrected chi connectivity index (χ4v) is 2.68. The SMILES string of the molecule is O=C(Oc1ccc(Cl)cc1Cl)C1COc2ccccc2C1. The molecule has 0 spiro atoms. The molecule has 0 amide bonds. The number of carbonyl (C=O) groups excluding carboxylic acids is 1. The number of esters is 1. The molecule has 1 aliphatic heterocycles. The first-order chi connectivity index (χ1) is 10.1. The fraction of sp³-hybridized carbons (Fsp3) is 0.188. The number of hydrogen-bond acceptors (Lipinski definition) is 3. The van der Waals surface area contributed by atoms with Crippen LogP contribution in [-0.4, -0.2) is 12.6 Å². The first kappa shape index (κ1) is 14.2. The van der Waals surface area contributed by atoms with Crippen molar-refractivity contribution in [1.29, 1.82) is 0 Å². The van der Waals surface area contributed by atoms with Crippen molar-refractivity contribution in [3.63, 3.8) is 0 Å². The number of para-hydroxylation sites is 1. The molecule has 0 saturated carbocycles. The molecule has 0 bridgehead atoms. The summed E-state index contributed by atoms with van der Waals surface area (Å²) in [7, 11) is 0. The highest BCUT2D eigenvalue weighted by Gasteiger charge is 2.27. The maximum atomic E-state index is 12.2. The third-order valence-corrected chi connectivity index (χ3v) is 3.85. The van der Waals surface area contributed by atoms with E-state index in [0.717, 1.165) is 11.3 Å². The van der Waals surface area contributed by atoms with Crippen LogP contribution in [0.3, 0.4) is 0 Å². The summed E-state index contributed by atoms with van der Waals surface area (Å²) in [5.74, 6) is 0.441. The Bertz CT molecular complexity index is 685. The molecule has 1 aliphatic rings. The molecule has 1 heterocycles. The van der Waals surface area contributed by atoms with Crippen molar-refractivity contribution in [2.75, 3.05) is 6.61 Å². The number of ether oxygens (including phenoxy) is 2. The molecule has 0 saturated heterocycles. The number of hydrogen-bond donors (Lipinski definition) is 0. The van der Waals surface area contributed by atoms with E-state index in [-0.39, 0.29) is 11.9 Å². The summed E-state index contributed by atoms with van der Waals surface area (Å²) in [6.45, 7) is 0.307. The molecule has 2 aromatic carbocycles. The van der Waals surface area contributed by atoms with Crippen molar-refractivity contribution in [2.24, 2.45) is 5.92 Å². The predicted molar refractivity (Wildman–Crippen MR) is 81.2 cm³/mol. The average Bonchev–Trinajstić information content (AvgIpc) is 2.49. The summed E-state index contributed by atoms with van der Waals surface area (Å²) in [4.78, 5) is 12.2. The quantitative estimate of drug-likeness (QED) is 0.615. The van der Waals surface area contributed by atoms with Crippen molar-refractivity contribution in [3.05, 3.63) is 58.1 Å². The fourth-order valence-electron chi connectivity index (χ4n) is 2.23. The van der Waals surface area contributed by atoms with Gasteiger partial charge in [-0.2, -0.15) is 0 Å². The normalized spacial score (nSPS) is 16.8. The Hall–Kier alpha value is -1.71. The number of fused-ring (bicyclic) bond motifs is 1. The molecular weight excluding hydrogens is 311 g/mol. The van der Waals surface area contributed by atoms with Gasteiger partial charge >= 0.3 is 5.97 Å². The zero-order valence-electron chi connectivity index (χ0n) is 11.0. The van der Waals surface area contributed by atoms with Crippen molar-refractivity contribution >= 4 is 29.2 Å². The second kappa shape index (κ2) is 5.96. The first-order valence-electron chi connectivity index (χ1n) is 6.51. The van der Waals surface area contributed by atoms with E-state index in [0.29, 0.717) is 28.8 Å². The predicted octanol–water partition coefficient (Wildman–Crippen LogP) is 4.15. The minimum Gasteiger partial charge on any atom is -0.492 e. The minimum atomic E-state index is -0.353. The molecular formula is C16H12Cl2O3. The molecule has 0 radical (unpaired) electrons. The standard InChI is InChI=1S/C16H12Cl2O3/c17-12-5-6-15(13(18)8-12)21-16(19)11-7-10-3-1-2-4-14(10)20-9-11/h1-6,8,11H,7,9H2. The summed E-state index contributed by atoms with van der Waals surface area (Å²) >= 11 is 11.8. The lowest BCUT2D eigenvalue weighted by Crippen LogP contribution is -2.31. The van der Waals surface area contributed by atoms with Gasteiger partial charge in [0.2, 0.25) is 0 Å². The van der Waals surface area contributed by atoms with Gasteiger partial charge in [-0.3, -0.25) is 4.79 Å². The van der Waals surface area contributed by atoms with Gasteiger partial charge in [-0.05, 0) is 36.2 Å². The van der Waals surface area contributed by atoms with Gasteiger partial charge in [-0.15, -0.1) is 0 Å². The van der Waals surface area contributed by atoms with Crippen molar-refractivity contribution in [3.8, 4) is 11.5 Å². The van der Waals surface area contributed by atoms with Gasteiger partial charge in [0.25, 0.3) is 0 Å². The largest absolute Gasteiger partial charge is 0.492 e. The van der Waals surface area contributed by atoms with E-state index in [4.69, 9.17) is 32.7 Å². The van der Waals surface area contributed by atoms with E-state index in [1.165, 1.54) is 0 Å². The van der Waals surface area contributed by atoms with E-state index in [2.05, 4.69) is 0 Å². The summed E-state index contributed by atoms with van der Waals surface area (Å²) in [6, 6.07) is 12.4. The van der Waals surface area contributed by atoms with Crippen LogP contribution in [0.1, 0.15) is 5.56 Å². The Morgan fingerprint density at radius 1 is 1.19 bits per heavy atom. The van der Waals surface area contributed by atoms with Crippen LogP contribution >= 0.6 is 23.2 Å². The number of rotatable bonds is 2. The third-order valence-electron chi connectivity index (χ3n) is 3.32. The van der Waals surface area contributed by atoms with Gasteiger partial charge in [-0.25, -0.2) is 0 Å². The highest BCUT2D eigenvalue weighted by molar-refractivity contribution is 6.35. The van der Waals surface area contributed by atoms with Crippen LogP contribution in [0.15, 0.2) is 42.5 Å². The summed E-state index contributed by atoms with van der Waals surface area (Å²) < 4.78 is 10.9. The molecule has 1 atom stereocenters. The van der Waals surface area contributed by atoms with Crippen molar-refractivity contribution in [2.45, 2.75) is 6.42 Å². The zero-order valence-corrected chi connectivity index (χ0v) is 12.5. The van der Waals surface area contributed by atoms with Crippen LogP contribution in [-0.2, 0) is 11.2 Å². The molecule has 0 N–H and O–H groups in total. The Morgan fingerprint density at radius 2 is 2.00 bits per heavy atom. The molecule has 1 unspecified atom stereocenters. The van der Waals surface area contributed by atoms with Gasteiger partial charge in [-0.1, -0.05) is 41.4 Å². The lowest BCUT2D eigenvalue weighted by Gasteiger charge is -2.23. The molecule has 3 rings (SSSR count). The number of carbonyl (C=O) groups is 1. The topological polar surface area (TPSA) is 35.5 Å². The lowest BCUT2D eigenvalue weighted by atomic mass is 9.97. The summed E-state index contributed by atoms with van der Waals surface area (Å²) in [6.07, 6.45) is 0.597. The maximum Gasteiger partial charge on any atom is 0.318 e. The Morgan fingerprint density at radius 3 is 2.81 bits per heavy atom. The molecule has 0 aromatic heterocycles. The van der Waals surface area contributed by atoms with Gasteiger partial charge < -0.3 is 9.47 Å². The van der Waals surface area contributed by atoms with Crippen molar-refractivity contribution in [1.82, 2.24) is 0 Å². The monoisotopic (exact) mass is 322 g/mol. The molecule has 3 nitrogen and oxygen atoms in total. The molecule has 5 heteroatoms.